The Bertz CT molecular complexity index is 218. The molecule has 3 heteroatoms. The molecule has 2 bridgehead atoms. The maximum atomic E-state index is 5.36. The van der Waals surface area contributed by atoms with Crippen molar-refractivity contribution in [2.45, 2.75) is 25.3 Å². The molecule has 4 atom stereocenters. The zero-order valence-electron chi connectivity index (χ0n) is 9.32. The van der Waals surface area contributed by atoms with Crippen LogP contribution in [0, 0.1) is 23.7 Å². The first-order valence-electron chi connectivity index (χ1n) is 6.43. The number of ether oxygens (including phenoxy) is 1. The summed E-state index contributed by atoms with van der Waals surface area (Å²) in [6.07, 6.45) is 4.55. The quantitative estimate of drug-likeness (QED) is 0.631. The number of fused-ring (bicyclic) bond motifs is 5. The largest absolute Gasteiger partial charge is 0.379 e. The second-order valence-corrected chi connectivity index (χ2v) is 5.37. The summed E-state index contributed by atoms with van der Waals surface area (Å²) in [6.45, 7) is 3.17. The third kappa shape index (κ3) is 1.71. The van der Waals surface area contributed by atoms with Crippen molar-refractivity contribution in [1.29, 1.82) is 0 Å². The van der Waals surface area contributed by atoms with Crippen LogP contribution < -0.4 is 11.1 Å². The smallest absolute Gasteiger partial charge is 0.0591 e. The van der Waals surface area contributed by atoms with Crippen LogP contribution >= 0.6 is 0 Å². The van der Waals surface area contributed by atoms with E-state index in [0.717, 1.165) is 42.9 Å². The molecule has 86 valence electrons. The van der Waals surface area contributed by atoms with Gasteiger partial charge in [0, 0.05) is 19.1 Å². The van der Waals surface area contributed by atoms with Crippen molar-refractivity contribution in [2.24, 2.45) is 29.4 Å². The third-order valence-corrected chi connectivity index (χ3v) is 4.62. The summed E-state index contributed by atoms with van der Waals surface area (Å²) >= 11 is 0. The lowest BCUT2D eigenvalue weighted by Gasteiger charge is -2.10. The summed E-state index contributed by atoms with van der Waals surface area (Å²) in [4.78, 5) is 0. The van der Waals surface area contributed by atoms with E-state index in [-0.39, 0.29) is 0 Å². The Balaban J connectivity index is 1.34. The fourth-order valence-electron chi connectivity index (χ4n) is 4.08. The summed E-state index contributed by atoms with van der Waals surface area (Å²) in [5, 5.41) is 3.65. The van der Waals surface area contributed by atoms with Gasteiger partial charge in [-0.25, -0.2) is 0 Å². The Morgan fingerprint density at radius 2 is 1.87 bits per heavy atom. The topological polar surface area (TPSA) is 47.3 Å². The Hall–Kier alpha value is -0.120. The van der Waals surface area contributed by atoms with Crippen LogP contribution in [0.1, 0.15) is 19.3 Å². The highest BCUT2D eigenvalue weighted by molar-refractivity contribution is 5.16. The molecule has 3 fully saturated rings. The number of hydrogen-bond donors (Lipinski definition) is 2. The van der Waals surface area contributed by atoms with Crippen molar-refractivity contribution in [3.63, 3.8) is 0 Å². The number of rotatable bonds is 6. The van der Waals surface area contributed by atoms with Gasteiger partial charge in [0.05, 0.1) is 13.2 Å². The number of hydrogen-bond acceptors (Lipinski definition) is 3. The van der Waals surface area contributed by atoms with Crippen LogP contribution in [0.3, 0.4) is 0 Å². The molecule has 0 radical (unpaired) electrons. The second kappa shape index (κ2) is 4.04. The maximum absolute atomic E-state index is 5.36. The lowest BCUT2D eigenvalue weighted by Crippen LogP contribution is -2.27. The van der Waals surface area contributed by atoms with Gasteiger partial charge in [0.15, 0.2) is 0 Å². The minimum Gasteiger partial charge on any atom is -0.379 e. The van der Waals surface area contributed by atoms with Crippen LogP contribution in [0.25, 0.3) is 0 Å². The Kier molecular flexibility index (Phi) is 2.71. The molecule has 0 heterocycles. The summed E-state index contributed by atoms with van der Waals surface area (Å²) in [5.41, 5.74) is 5.36. The number of nitrogens with one attached hydrogen (secondary N) is 1. The number of nitrogens with two attached hydrogens (primary N) is 1. The van der Waals surface area contributed by atoms with Crippen LogP contribution in [0.5, 0.6) is 0 Å². The average Bonchev–Trinajstić information content (AvgIpc) is 2.67. The highest BCUT2D eigenvalue weighted by Gasteiger charge is 2.64. The first-order valence-corrected chi connectivity index (χ1v) is 6.43. The summed E-state index contributed by atoms with van der Waals surface area (Å²) in [6, 6.07) is 0.845. The van der Waals surface area contributed by atoms with Gasteiger partial charge in [-0.05, 0) is 42.9 Å². The lowest BCUT2D eigenvalue weighted by molar-refractivity contribution is 0.142. The molecule has 0 aliphatic heterocycles. The van der Waals surface area contributed by atoms with E-state index in [1.54, 1.807) is 0 Å². The van der Waals surface area contributed by atoms with Crippen molar-refractivity contribution in [3.05, 3.63) is 0 Å². The normalized spacial score (nSPS) is 45.8. The molecule has 3 saturated carbocycles. The van der Waals surface area contributed by atoms with Crippen molar-refractivity contribution in [3.8, 4) is 0 Å². The summed E-state index contributed by atoms with van der Waals surface area (Å²) in [7, 11) is 0. The van der Waals surface area contributed by atoms with Gasteiger partial charge < -0.3 is 15.8 Å². The zero-order chi connectivity index (χ0) is 10.3. The van der Waals surface area contributed by atoms with Crippen molar-refractivity contribution < 1.29 is 4.74 Å². The highest BCUT2D eigenvalue weighted by atomic mass is 16.5. The molecule has 3 nitrogen and oxygen atoms in total. The molecule has 0 aromatic carbocycles. The molecule has 0 saturated heterocycles. The first-order chi connectivity index (χ1) is 7.42. The molecule has 3 rings (SSSR count). The van der Waals surface area contributed by atoms with E-state index in [2.05, 4.69) is 5.32 Å². The van der Waals surface area contributed by atoms with Gasteiger partial charge in [-0.1, -0.05) is 0 Å². The van der Waals surface area contributed by atoms with Crippen molar-refractivity contribution >= 4 is 0 Å². The average molecular weight is 210 g/mol. The molecule has 0 aromatic rings. The predicted octanol–water partition coefficient (Wildman–Crippen LogP) is 0.596. The van der Waals surface area contributed by atoms with Crippen LogP contribution in [0.15, 0.2) is 0 Å². The summed E-state index contributed by atoms with van der Waals surface area (Å²) < 4.78 is 5.36. The van der Waals surface area contributed by atoms with Crippen molar-refractivity contribution in [2.75, 3.05) is 26.3 Å². The van der Waals surface area contributed by atoms with Gasteiger partial charge in [0.25, 0.3) is 0 Å². The van der Waals surface area contributed by atoms with E-state index in [9.17, 15) is 0 Å². The Labute approximate surface area is 91.7 Å². The Morgan fingerprint density at radius 1 is 1.13 bits per heavy atom. The third-order valence-electron chi connectivity index (χ3n) is 4.62. The molecule has 3 aliphatic carbocycles. The van der Waals surface area contributed by atoms with E-state index < -0.39 is 0 Å². The fourth-order valence-corrected chi connectivity index (χ4v) is 4.08. The minimum absolute atomic E-state index is 0.638. The van der Waals surface area contributed by atoms with E-state index in [0.29, 0.717) is 13.2 Å². The molecule has 0 amide bonds. The molecule has 0 aromatic heterocycles. The van der Waals surface area contributed by atoms with E-state index in [1.165, 1.54) is 19.3 Å². The lowest BCUT2D eigenvalue weighted by atomic mass is 10.0. The SMILES string of the molecule is NCCOCCNC1C2C3CCC(C3)C12. The zero-order valence-corrected chi connectivity index (χ0v) is 9.32. The predicted molar refractivity (Wildman–Crippen MR) is 59.5 cm³/mol. The van der Waals surface area contributed by atoms with Gasteiger partial charge >= 0.3 is 0 Å². The van der Waals surface area contributed by atoms with Gasteiger partial charge in [-0.15, -0.1) is 0 Å². The highest BCUT2D eigenvalue weighted by Crippen LogP contribution is 2.65. The van der Waals surface area contributed by atoms with Crippen LogP contribution in [0.2, 0.25) is 0 Å². The molecule has 3 N–H and O–H groups in total. The van der Waals surface area contributed by atoms with Crippen LogP contribution in [0.4, 0.5) is 0 Å². The van der Waals surface area contributed by atoms with Crippen LogP contribution in [-0.4, -0.2) is 32.3 Å². The molecule has 15 heavy (non-hydrogen) atoms. The second-order valence-electron chi connectivity index (χ2n) is 5.37. The standard InChI is InChI=1S/C12H22N2O/c13-3-5-15-6-4-14-12-10-8-1-2-9(7-8)11(10)12/h8-12,14H,1-7,13H2. The monoisotopic (exact) mass is 210 g/mol. The minimum atomic E-state index is 0.638. The Morgan fingerprint density at radius 3 is 2.53 bits per heavy atom. The van der Waals surface area contributed by atoms with Gasteiger partial charge in [-0.3, -0.25) is 0 Å². The molecule has 4 unspecified atom stereocenters. The first kappa shape index (κ1) is 10.1. The van der Waals surface area contributed by atoms with E-state index >= 15 is 0 Å². The molecule has 0 spiro atoms. The maximum Gasteiger partial charge on any atom is 0.0591 e. The van der Waals surface area contributed by atoms with Crippen LogP contribution in [-0.2, 0) is 4.74 Å². The summed E-state index contributed by atoms with van der Waals surface area (Å²) in [5.74, 6) is 4.22. The van der Waals surface area contributed by atoms with E-state index in [4.69, 9.17) is 10.5 Å². The molecular formula is C12H22N2O. The van der Waals surface area contributed by atoms with Gasteiger partial charge in [-0.2, -0.15) is 0 Å². The van der Waals surface area contributed by atoms with Crippen molar-refractivity contribution in [1.82, 2.24) is 5.32 Å². The molecular weight excluding hydrogens is 188 g/mol. The van der Waals surface area contributed by atoms with E-state index in [1.807, 2.05) is 0 Å². The van der Waals surface area contributed by atoms with Gasteiger partial charge in [0.1, 0.15) is 0 Å². The van der Waals surface area contributed by atoms with Gasteiger partial charge in [0.2, 0.25) is 0 Å². The fraction of sp³-hybridized carbons (Fsp3) is 1.00. The molecule has 3 aliphatic rings.